The van der Waals surface area contributed by atoms with Gasteiger partial charge in [-0.1, -0.05) is 60.4 Å². The Balaban J connectivity index is 2.99. The second kappa shape index (κ2) is 12.6. The van der Waals surface area contributed by atoms with E-state index in [2.05, 4.69) is 12.2 Å². The second-order valence-electron chi connectivity index (χ2n) is 12.8. The lowest BCUT2D eigenvalue weighted by Crippen LogP contribution is -2.67. The van der Waals surface area contributed by atoms with Crippen molar-refractivity contribution in [3.8, 4) is 0 Å². The van der Waals surface area contributed by atoms with Crippen LogP contribution in [0.2, 0.25) is 0 Å². The molecule has 4 atom stereocenters. The summed E-state index contributed by atoms with van der Waals surface area (Å²) in [5.74, 6) is -2.23. The van der Waals surface area contributed by atoms with Crippen LogP contribution in [0.4, 0.5) is 0 Å². The van der Waals surface area contributed by atoms with Gasteiger partial charge in [-0.25, -0.2) is 0 Å². The van der Waals surface area contributed by atoms with Gasteiger partial charge in [-0.2, -0.15) is 0 Å². The van der Waals surface area contributed by atoms with Crippen LogP contribution in [0.25, 0.3) is 0 Å². The lowest BCUT2D eigenvalue weighted by molar-refractivity contribution is -0.169. The molecular formula is C34H50O4. The lowest BCUT2D eigenvalue weighted by Gasteiger charge is -2.56. The summed E-state index contributed by atoms with van der Waals surface area (Å²) in [7, 11) is 0. The van der Waals surface area contributed by atoms with Crippen LogP contribution >= 0.6 is 0 Å². The Bertz CT molecular complexity index is 1090. The minimum absolute atomic E-state index is 0.0856. The Morgan fingerprint density at radius 2 is 1.45 bits per heavy atom. The highest BCUT2D eigenvalue weighted by atomic mass is 16.3. The first kappa shape index (κ1) is 31.7. The minimum atomic E-state index is -1.77. The Morgan fingerprint density at radius 1 is 0.895 bits per heavy atom. The van der Waals surface area contributed by atoms with E-state index in [9.17, 15) is 19.5 Å². The molecule has 0 spiro atoms. The topological polar surface area (TPSA) is 71.4 Å². The Labute approximate surface area is 231 Å². The summed E-state index contributed by atoms with van der Waals surface area (Å²) >= 11 is 0. The summed E-state index contributed by atoms with van der Waals surface area (Å²) < 4.78 is 0. The van der Waals surface area contributed by atoms with Crippen molar-refractivity contribution in [1.29, 1.82) is 0 Å². The summed E-state index contributed by atoms with van der Waals surface area (Å²) in [6, 6.07) is 0. The molecule has 0 aromatic heterocycles. The van der Waals surface area contributed by atoms with Gasteiger partial charge in [0.25, 0.3) is 0 Å². The molecule has 0 heterocycles. The quantitative estimate of drug-likeness (QED) is 0.218. The van der Waals surface area contributed by atoms with Gasteiger partial charge in [0, 0.05) is 11.5 Å². The summed E-state index contributed by atoms with van der Waals surface area (Å²) in [5, 5.41) is 11.8. The first-order valence-corrected chi connectivity index (χ1v) is 14.2. The van der Waals surface area contributed by atoms with Crippen LogP contribution < -0.4 is 0 Å². The maximum atomic E-state index is 14.8. The number of aliphatic hydroxyl groups is 1. The van der Waals surface area contributed by atoms with E-state index in [1.807, 2.05) is 67.5 Å². The average molecular weight is 523 g/mol. The van der Waals surface area contributed by atoms with Crippen molar-refractivity contribution < 1.29 is 19.5 Å². The van der Waals surface area contributed by atoms with E-state index in [0.29, 0.717) is 32.1 Å². The van der Waals surface area contributed by atoms with Crippen molar-refractivity contribution in [2.24, 2.45) is 28.6 Å². The molecular weight excluding hydrogens is 472 g/mol. The van der Waals surface area contributed by atoms with Crippen molar-refractivity contribution >= 4 is 17.3 Å². The fraction of sp³-hybridized carbons (Fsp3) is 0.618. The molecule has 38 heavy (non-hydrogen) atoms. The van der Waals surface area contributed by atoms with Crippen molar-refractivity contribution in [1.82, 2.24) is 0 Å². The second-order valence-corrected chi connectivity index (χ2v) is 12.8. The maximum absolute atomic E-state index is 14.8. The zero-order chi connectivity index (χ0) is 29.0. The summed E-state index contributed by atoms with van der Waals surface area (Å²) in [6.07, 6.45) is 11.1. The normalized spacial score (nSPS) is 26.7. The number of fused-ring (bicyclic) bond motifs is 2. The molecule has 0 aromatic carbocycles. The molecule has 1 N–H and O–H groups in total. The molecule has 4 nitrogen and oxygen atoms in total. The molecule has 210 valence electrons. The highest BCUT2D eigenvalue weighted by Crippen LogP contribution is 2.62. The molecule has 2 bridgehead atoms. The van der Waals surface area contributed by atoms with E-state index in [1.54, 1.807) is 13.8 Å². The standard InChI is InChI=1S/C34H50O4/c1-21(2)12-11-13-28-26(16-14-22(3)4)20-33(19-18-24(7)8)30(36)27(17-15-23(5)6)31(37)34(28,32(33)38)29(35)25(9)10/h12,14-15,18,25-26,28,36H,11,13,16-17,19-20H2,1-10H3. The first-order chi connectivity index (χ1) is 17.6. The summed E-state index contributed by atoms with van der Waals surface area (Å²) in [6.45, 7) is 19.6. The fourth-order valence-corrected chi connectivity index (χ4v) is 6.34. The average Bonchev–Trinajstić information content (AvgIpc) is 2.81. The van der Waals surface area contributed by atoms with Crippen LogP contribution in [0.15, 0.2) is 57.9 Å². The summed E-state index contributed by atoms with van der Waals surface area (Å²) in [4.78, 5) is 43.7. The number of Topliss-reactive ketones (excluding diaryl/α,β-unsaturated/α-hetero) is 3. The largest absolute Gasteiger partial charge is 0.511 e. The highest BCUT2D eigenvalue weighted by molar-refractivity contribution is 6.33. The molecule has 4 unspecified atom stereocenters. The van der Waals surface area contributed by atoms with E-state index in [1.165, 1.54) is 5.57 Å². The molecule has 0 aromatic rings. The molecule has 0 amide bonds. The number of aliphatic hydroxyl groups excluding tert-OH is 1. The van der Waals surface area contributed by atoms with E-state index in [0.717, 1.165) is 16.7 Å². The number of hydrogen-bond donors (Lipinski definition) is 1. The van der Waals surface area contributed by atoms with Gasteiger partial charge >= 0.3 is 0 Å². The molecule has 2 rings (SSSR count). The van der Waals surface area contributed by atoms with Gasteiger partial charge in [-0.05, 0) is 106 Å². The number of rotatable bonds is 11. The Kier molecular flexibility index (Phi) is 10.5. The van der Waals surface area contributed by atoms with Crippen LogP contribution in [-0.4, -0.2) is 22.5 Å². The van der Waals surface area contributed by atoms with Gasteiger partial charge in [-0.3, -0.25) is 14.4 Å². The number of carbonyl (C=O) groups is 3. The van der Waals surface area contributed by atoms with E-state index in [4.69, 9.17) is 0 Å². The molecule has 4 heteroatoms. The van der Waals surface area contributed by atoms with Crippen molar-refractivity contribution in [2.75, 3.05) is 0 Å². The Morgan fingerprint density at radius 3 is 1.95 bits per heavy atom. The van der Waals surface area contributed by atoms with Gasteiger partial charge in [0.2, 0.25) is 0 Å². The Hall–Kier alpha value is -2.49. The van der Waals surface area contributed by atoms with Gasteiger partial charge in [0.1, 0.15) is 5.76 Å². The number of allylic oxidation sites excluding steroid dienone is 10. The number of ketones is 3. The predicted octanol–water partition coefficient (Wildman–Crippen LogP) is 8.60. The third-order valence-electron chi connectivity index (χ3n) is 8.25. The first-order valence-electron chi connectivity index (χ1n) is 14.2. The third kappa shape index (κ3) is 6.05. The maximum Gasteiger partial charge on any atom is 0.183 e. The van der Waals surface area contributed by atoms with Crippen molar-refractivity contribution in [2.45, 2.75) is 108 Å². The van der Waals surface area contributed by atoms with Crippen LogP contribution in [0.3, 0.4) is 0 Å². The molecule has 0 saturated heterocycles. The van der Waals surface area contributed by atoms with E-state index >= 15 is 0 Å². The SMILES string of the molecule is CC(C)=CCCC1C(CC=C(C)C)CC2(CC=C(C)C)C(=O)C1(C(=O)C(C)C)C(=O)C(CC=C(C)C)=C2O. The van der Waals surface area contributed by atoms with Crippen LogP contribution in [0, 0.1) is 28.6 Å². The number of hydrogen-bond acceptors (Lipinski definition) is 4. The molecule has 0 radical (unpaired) electrons. The number of carbonyl (C=O) groups excluding carboxylic acids is 3. The smallest absolute Gasteiger partial charge is 0.183 e. The highest BCUT2D eigenvalue weighted by Gasteiger charge is 2.71. The zero-order valence-electron chi connectivity index (χ0n) is 25.5. The van der Waals surface area contributed by atoms with Gasteiger partial charge < -0.3 is 5.11 Å². The molecule has 2 aliphatic carbocycles. The van der Waals surface area contributed by atoms with Crippen molar-refractivity contribution in [3.05, 3.63) is 57.9 Å². The van der Waals surface area contributed by atoms with Crippen LogP contribution in [0.1, 0.15) is 108 Å². The monoisotopic (exact) mass is 522 g/mol. The molecule has 0 aliphatic heterocycles. The summed E-state index contributed by atoms with van der Waals surface area (Å²) in [5.41, 5.74) is 1.59. The molecule has 1 saturated carbocycles. The van der Waals surface area contributed by atoms with Gasteiger partial charge in [0.05, 0.1) is 5.41 Å². The third-order valence-corrected chi connectivity index (χ3v) is 8.25. The molecule has 2 aliphatic rings. The van der Waals surface area contributed by atoms with Crippen LogP contribution in [0.5, 0.6) is 0 Å². The van der Waals surface area contributed by atoms with Crippen molar-refractivity contribution in [3.63, 3.8) is 0 Å². The predicted molar refractivity (Wildman–Crippen MR) is 157 cm³/mol. The van der Waals surface area contributed by atoms with E-state index in [-0.39, 0.29) is 35.2 Å². The van der Waals surface area contributed by atoms with Gasteiger partial charge in [0.15, 0.2) is 22.8 Å². The lowest BCUT2D eigenvalue weighted by atomic mass is 9.43. The van der Waals surface area contributed by atoms with E-state index < -0.39 is 28.4 Å². The van der Waals surface area contributed by atoms with Gasteiger partial charge in [-0.15, -0.1) is 0 Å². The van der Waals surface area contributed by atoms with Crippen LogP contribution in [-0.2, 0) is 14.4 Å². The fourth-order valence-electron chi connectivity index (χ4n) is 6.34. The molecule has 1 fully saturated rings. The minimum Gasteiger partial charge on any atom is -0.511 e. The zero-order valence-corrected chi connectivity index (χ0v) is 25.5.